The second-order valence-electron chi connectivity index (χ2n) is 7.50. The second-order valence-corrected chi connectivity index (χ2v) is 7.50. The number of rotatable bonds is 2. The van der Waals surface area contributed by atoms with Gasteiger partial charge in [0.05, 0.1) is 12.1 Å². The van der Waals surface area contributed by atoms with Crippen molar-refractivity contribution in [2.45, 2.75) is 43.8 Å². The molecule has 0 saturated carbocycles. The van der Waals surface area contributed by atoms with E-state index in [2.05, 4.69) is 15.2 Å². The van der Waals surface area contributed by atoms with Crippen LogP contribution in [0.2, 0.25) is 0 Å². The number of Topliss-reactive ketones (excluding diaryl/α,β-unsaturated/α-hetero) is 1. The molecular formula is C19H21N3O2. The van der Waals surface area contributed by atoms with Crippen molar-refractivity contribution in [1.82, 2.24) is 15.2 Å². The molecule has 0 radical (unpaired) electrons. The number of aromatic amines is 1. The Bertz CT molecular complexity index is 811. The number of hydrogen-bond donors (Lipinski definition) is 2. The van der Waals surface area contributed by atoms with Gasteiger partial charge in [-0.15, -0.1) is 0 Å². The topological polar surface area (TPSA) is 65.2 Å². The fourth-order valence-corrected chi connectivity index (χ4v) is 5.01. The van der Waals surface area contributed by atoms with Crippen molar-refractivity contribution in [2.75, 3.05) is 6.54 Å². The Kier molecular flexibility index (Phi) is 3.07. The molecule has 1 aromatic heterocycles. The molecule has 4 unspecified atom stereocenters. The van der Waals surface area contributed by atoms with Crippen LogP contribution < -0.4 is 5.32 Å². The average Bonchev–Trinajstić information content (AvgIpc) is 2.99. The maximum absolute atomic E-state index is 12.7. The Hall–Kier alpha value is -2.14. The van der Waals surface area contributed by atoms with Crippen LogP contribution in [0.15, 0.2) is 30.5 Å². The highest BCUT2D eigenvalue weighted by Gasteiger charge is 2.48. The van der Waals surface area contributed by atoms with E-state index in [1.54, 1.807) is 6.20 Å². The number of benzene rings is 1. The third-order valence-corrected chi connectivity index (χ3v) is 6.13. The second kappa shape index (κ2) is 5.18. The summed E-state index contributed by atoms with van der Waals surface area (Å²) >= 11 is 0. The van der Waals surface area contributed by atoms with Crippen molar-refractivity contribution in [3.05, 3.63) is 36.0 Å². The Balaban J connectivity index is 1.33. The molecule has 4 saturated heterocycles. The summed E-state index contributed by atoms with van der Waals surface area (Å²) in [6.07, 6.45) is 5.69. The Morgan fingerprint density at radius 3 is 2.62 bits per heavy atom. The highest BCUT2D eigenvalue weighted by molar-refractivity contribution is 6.06. The smallest absolute Gasteiger partial charge is 0.253 e. The Morgan fingerprint density at radius 2 is 1.88 bits per heavy atom. The fraction of sp³-hybridized carbons (Fsp3) is 0.474. The number of ketones is 1. The van der Waals surface area contributed by atoms with Crippen LogP contribution >= 0.6 is 0 Å². The number of carbonyl (C=O) groups excluding carboxylic acids is 2. The summed E-state index contributed by atoms with van der Waals surface area (Å²) in [5.41, 5.74) is 1.71. The molecule has 4 aliphatic heterocycles. The number of nitrogens with one attached hydrogen (secondary N) is 2. The van der Waals surface area contributed by atoms with Crippen LogP contribution in [0.1, 0.15) is 36.0 Å². The number of amides is 1. The van der Waals surface area contributed by atoms with E-state index in [0.29, 0.717) is 24.4 Å². The van der Waals surface area contributed by atoms with Crippen LogP contribution in [0.25, 0.3) is 10.9 Å². The van der Waals surface area contributed by atoms with E-state index in [1.165, 1.54) is 0 Å². The third kappa shape index (κ3) is 2.11. The van der Waals surface area contributed by atoms with Crippen molar-refractivity contribution in [3.63, 3.8) is 0 Å². The van der Waals surface area contributed by atoms with Gasteiger partial charge in [-0.05, 0) is 31.7 Å². The monoisotopic (exact) mass is 323 g/mol. The molecule has 4 bridgehead atoms. The maximum atomic E-state index is 12.7. The zero-order chi connectivity index (χ0) is 16.3. The van der Waals surface area contributed by atoms with Crippen LogP contribution in [0.4, 0.5) is 0 Å². The standard InChI is InChI=1S/C19H21N3O2/c23-18-10-22-13-5-11(18)6-14(22)8-12(7-13)21-19(24)16-9-20-17-4-2-1-3-15(16)17/h1-4,9,11-14,20H,5-8,10H2,(H,21,24)/t11?,12?,13-,14?/m1/s1. The zero-order valence-electron chi connectivity index (χ0n) is 13.5. The average molecular weight is 323 g/mol. The summed E-state index contributed by atoms with van der Waals surface area (Å²) in [5, 5.41) is 4.21. The predicted octanol–water partition coefficient (Wildman–Crippen LogP) is 2.09. The van der Waals surface area contributed by atoms with E-state index in [9.17, 15) is 9.59 Å². The van der Waals surface area contributed by atoms with E-state index in [4.69, 9.17) is 0 Å². The minimum absolute atomic E-state index is 0.00802. The molecule has 0 spiro atoms. The van der Waals surface area contributed by atoms with Gasteiger partial charge in [0.2, 0.25) is 0 Å². The molecule has 5 atom stereocenters. The van der Waals surface area contributed by atoms with Gasteiger partial charge in [-0.1, -0.05) is 18.2 Å². The van der Waals surface area contributed by atoms with Crippen molar-refractivity contribution in [3.8, 4) is 0 Å². The van der Waals surface area contributed by atoms with E-state index in [1.807, 2.05) is 24.3 Å². The molecule has 4 fully saturated rings. The van der Waals surface area contributed by atoms with E-state index >= 15 is 0 Å². The quantitative estimate of drug-likeness (QED) is 0.889. The number of piperidine rings is 4. The lowest BCUT2D eigenvalue weighted by Gasteiger charge is -2.54. The van der Waals surface area contributed by atoms with Gasteiger partial charge in [-0.3, -0.25) is 14.5 Å². The number of H-pyrrole nitrogens is 1. The molecular weight excluding hydrogens is 302 g/mol. The highest BCUT2D eigenvalue weighted by atomic mass is 16.1. The van der Waals surface area contributed by atoms with Crippen LogP contribution in [0.3, 0.4) is 0 Å². The van der Waals surface area contributed by atoms with Crippen LogP contribution in [-0.4, -0.2) is 46.2 Å². The molecule has 5 heterocycles. The summed E-state index contributed by atoms with van der Waals surface area (Å²) in [5.74, 6) is 0.702. The molecule has 1 aromatic carbocycles. The Labute approximate surface area is 140 Å². The van der Waals surface area contributed by atoms with Gasteiger partial charge in [0.1, 0.15) is 5.78 Å². The van der Waals surface area contributed by atoms with Crippen LogP contribution in [-0.2, 0) is 4.79 Å². The first kappa shape index (κ1) is 14.2. The molecule has 2 N–H and O–H groups in total. The number of fused-ring (bicyclic) bond motifs is 2. The first-order chi connectivity index (χ1) is 11.7. The summed E-state index contributed by atoms with van der Waals surface area (Å²) in [7, 11) is 0. The minimum Gasteiger partial charge on any atom is -0.360 e. The fourth-order valence-electron chi connectivity index (χ4n) is 5.01. The van der Waals surface area contributed by atoms with E-state index in [-0.39, 0.29) is 17.9 Å². The van der Waals surface area contributed by atoms with Crippen molar-refractivity contribution in [2.24, 2.45) is 5.92 Å². The van der Waals surface area contributed by atoms with E-state index < -0.39 is 0 Å². The predicted molar refractivity (Wildman–Crippen MR) is 90.8 cm³/mol. The summed E-state index contributed by atoms with van der Waals surface area (Å²) in [6, 6.07) is 9.03. The lowest BCUT2D eigenvalue weighted by atomic mass is 9.71. The number of hydrogen-bond acceptors (Lipinski definition) is 3. The molecule has 0 aliphatic carbocycles. The molecule has 24 heavy (non-hydrogen) atoms. The lowest BCUT2D eigenvalue weighted by molar-refractivity contribution is -0.141. The Morgan fingerprint density at radius 1 is 1.12 bits per heavy atom. The number of aromatic nitrogens is 1. The summed E-state index contributed by atoms with van der Waals surface area (Å²) in [4.78, 5) is 30.2. The van der Waals surface area contributed by atoms with Gasteiger partial charge in [-0.25, -0.2) is 0 Å². The number of nitrogens with zero attached hydrogens (tertiary/aromatic N) is 1. The largest absolute Gasteiger partial charge is 0.360 e. The minimum atomic E-state index is 0.00802. The van der Waals surface area contributed by atoms with Crippen molar-refractivity contribution in [1.29, 1.82) is 0 Å². The first-order valence-corrected chi connectivity index (χ1v) is 8.84. The number of para-hydroxylation sites is 1. The molecule has 2 aromatic rings. The first-order valence-electron chi connectivity index (χ1n) is 8.84. The van der Waals surface area contributed by atoms with Gasteiger partial charge in [0.15, 0.2) is 0 Å². The van der Waals surface area contributed by atoms with Crippen molar-refractivity contribution >= 4 is 22.6 Å². The summed E-state index contributed by atoms with van der Waals surface area (Å²) < 4.78 is 0. The van der Waals surface area contributed by atoms with Gasteiger partial charge in [-0.2, -0.15) is 0 Å². The zero-order valence-corrected chi connectivity index (χ0v) is 13.5. The van der Waals surface area contributed by atoms with Crippen LogP contribution in [0.5, 0.6) is 0 Å². The van der Waals surface area contributed by atoms with Gasteiger partial charge in [0, 0.05) is 41.1 Å². The third-order valence-electron chi connectivity index (χ3n) is 6.13. The molecule has 5 heteroatoms. The highest BCUT2D eigenvalue weighted by Crippen LogP contribution is 2.41. The number of carbonyl (C=O) groups is 2. The lowest BCUT2D eigenvalue weighted by Crippen LogP contribution is -2.64. The molecule has 6 rings (SSSR count). The molecule has 5 nitrogen and oxygen atoms in total. The van der Waals surface area contributed by atoms with Crippen LogP contribution in [0, 0.1) is 5.92 Å². The SMILES string of the molecule is O=C(NC1CC2CC3C[C@H](C1)N2CC3=O)c1c[nH]c2ccccc12. The van der Waals surface area contributed by atoms with E-state index in [0.717, 1.165) is 42.1 Å². The van der Waals surface area contributed by atoms with Crippen molar-refractivity contribution < 1.29 is 9.59 Å². The van der Waals surface area contributed by atoms with Gasteiger partial charge in [0.25, 0.3) is 5.91 Å². The molecule has 124 valence electrons. The van der Waals surface area contributed by atoms with Gasteiger partial charge < -0.3 is 10.3 Å². The summed E-state index contributed by atoms with van der Waals surface area (Å²) in [6.45, 7) is 0.628. The normalized spacial score (nSPS) is 34.5. The molecule has 4 aliphatic rings. The van der Waals surface area contributed by atoms with Gasteiger partial charge >= 0.3 is 0 Å². The maximum Gasteiger partial charge on any atom is 0.253 e. The molecule has 1 amide bonds.